The minimum absolute atomic E-state index is 0.0258. The molecular formula is C38H27Cl5N2O6S2. The Balaban J connectivity index is 0.000000196. The maximum Gasteiger partial charge on any atom is 0.252 e. The van der Waals surface area contributed by atoms with Crippen LogP contribution in [0.4, 0.5) is 0 Å². The van der Waals surface area contributed by atoms with E-state index in [-0.39, 0.29) is 36.7 Å². The van der Waals surface area contributed by atoms with Gasteiger partial charge in [-0.3, -0.25) is 9.59 Å². The lowest BCUT2D eigenvalue weighted by molar-refractivity contribution is 0.103. The highest BCUT2D eigenvalue weighted by molar-refractivity contribution is 7.89. The molecule has 0 aliphatic heterocycles. The number of carbonyl (C=O) groups excluding carboxylic acids is 2. The van der Waals surface area contributed by atoms with Gasteiger partial charge in [0.05, 0.1) is 10.0 Å². The van der Waals surface area contributed by atoms with Crippen LogP contribution < -0.4 is 10.3 Å². The van der Waals surface area contributed by atoms with Crippen molar-refractivity contribution in [2.75, 3.05) is 0 Å². The van der Waals surface area contributed by atoms with Crippen LogP contribution in [-0.2, 0) is 20.0 Å². The van der Waals surface area contributed by atoms with Gasteiger partial charge in [0.1, 0.15) is 9.79 Å². The van der Waals surface area contributed by atoms with Gasteiger partial charge in [-0.1, -0.05) is 125 Å². The molecule has 0 aliphatic carbocycles. The molecule has 0 atom stereocenters. The molecule has 0 heterocycles. The standard InChI is InChI=1S/C19H13Cl2NO3S.C12H9Cl.C7H5Cl2NO3S/c20-16-8-5-13(6-9-16)12-1-3-14(4-2-12)19(23)15-7-10-17(21)18(11-15)26(22,24)25;13-12-8-6-11(7-9-12)10-4-2-1-3-5-10;8-5-2-1-4(7(9)11)3-6(5)14(10,12)13/h1-11H,(H2,22,24,25);1-9H;1-3H,(H2,10,12,13). The lowest BCUT2D eigenvalue weighted by atomic mass is 9.99. The fourth-order valence-corrected chi connectivity index (χ4v) is 7.11. The molecule has 6 aromatic rings. The molecule has 0 fully saturated rings. The Morgan fingerprint density at radius 1 is 0.434 bits per heavy atom. The van der Waals surface area contributed by atoms with Gasteiger partial charge in [0, 0.05) is 26.7 Å². The van der Waals surface area contributed by atoms with Crippen LogP contribution in [0.15, 0.2) is 149 Å². The van der Waals surface area contributed by atoms with E-state index in [1.54, 1.807) is 24.3 Å². The third-order valence-electron chi connectivity index (χ3n) is 7.24. The van der Waals surface area contributed by atoms with Gasteiger partial charge in [0.15, 0.2) is 5.78 Å². The SMILES string of the molecule is Clc1ccc(-c2ccccc2)cc1.NS(=O)(=O)c1cc(C(=O)Cl)ccc1Cl.NS(=O)(=O)c1cc(C(=O)c2ccc(-c3ccc(Cl)cc3)cc2)ccc1Cl. The zero-order valence-corrected chi connectivity index (χ0v) is 32.5. The summed E-state index contributed by atoms with van der Waals surface area (Å²) in [4.78, 5) is 22.8. The van der Waals surface area contributed by atoms with E-state index in [0.29, 0.717) is 10.6 Å². The number of primary sulfonamides is 2. The van der Waals surface area contributed by atoms with Crippen LogP contribution in [0.25, 0.3) is 22.3 Å². The molecule has 0 spiro atoms. The maximum atomic E-state index is 12.6. The quantitative estimate of drug-likeness (QED) is 0.120. The molecule has 53 heavy (non-hydrogen) atoms. The number of ketones is 1. The molecular weight excluding hydrogens is 822 g/mol. The van der Waals surface area contributed by atoms with E-state index in [4.69, 9.17) is 68.3 Å². The second-order valence-corrected chi connectivity index (χ2v) is 16.0. The Kier molecular flexibility index (Phi) is 14.4. The number of sulfonamides is 2. The van der Waals surface area contributed by atoms with Gasteiger partial charge < -0.3 is 0 Å². The third kappa shape index (κ3) is 12.0. The van der Waals surface area contributed by atoms with Crippen LogP contribution >= 0.6 is 58.0 Å². The Morgan fingerprint density at radius 2 is 0.774 bits per heavy atom. The molecule has 0 aliphatic rings. The smallest absolute Gasteiger partial charge is 0.252 e. The fourth-order valence-electron chi connectivity index (χ4n) is 4.60. The summed E-state index contributed by atoms with van der Waals surface area (Å²) in [7, 11) is -7.95. The van der Waals surface area contributed by atoms with Crippen molar-refractivity contribution in [2.24, 2.45) is 10.3 Å². The van der Waals surface area contributed by atoms with Gasteiger partial charge >= 0.3 is 0 Å². The van der Waals surface area contributed by atoms with Crippen LogP contribution in [0.3, 0.4) is 0 Å². The number of hydrogen-bond acceptors (Lipinski definition) is 6. The van der Waals surface area contributed by atoms with Crippen molar-refractivity contribution in [3.8, 4) is 22.3 Å². The van der Waals surface area contributed by atoms with E-state index in [1.165, 1.54) is 41.5 Å². The van der Waals surface area contributed by atoms with Crippen molar-refractivity contribution >= 4 is 89.1 Å². The van der Waals surface area contributed by atoms with E-state index in [2.05, 4.69) is 12.1 Å². The first kappa shape index (κ1) is 41.7. The molecule has 0 radical (unpaired) electrons. The normalized spacial score (nSPS) is 11.0. The summed E-state index contributed by atoms with van der Waals surface area (Å²) in [5.74, 6) is -0.325. The van der Waals surface area contributed by atoms with Crippen molar-refractivity contribution in [1.29, 1.82) is 0 Å². The molecule has 0 bridgehead atoms. The lowest BCUT2D eigenvalue weighted by Gasteiger charge is -2.07. The zero-order chi connectivity index (χ0) is 38.9. The average Bonchev–Trinajstić information content (AvgIpc) is 3.12. The van der Waals surface area contributed by atoms with Crippen LogP contribution in [0.2, 0.25) is 20.1 Å². The topological polar surface area (TPSA) is 154 Å². The van der Waals surface area contributed by atoms with E-state index in [9.17, 15) is 26.4 Å². The molecule has 0 saturated heterocycles. The predicted octanol–water partition coefficient (Wildman–Crippen LogP) is 9.91. The summed E-state index contributed by atoms with van der Waals surface area (Å²) < 4.78 is 45.1. The first-order valence-electron chi connectivity index (χ1n) is 15.0. The number of rotatable bonds is 7. The number of benzene rings is 6. The van der Waals surface area contributed by atoms with Crippen molar-refractivity contribution in [2.45, 2.75) is 9.79 Å². The Labute approximate surface area is 331 Å². The van der Waals surface area contributed by atoms with Crippen LogP contribution in [0.1, 0.15) is 26.3 Å². The first-order chi connectivity index (χ1) is 24.9. The first-order valence-corrected chi connectivity index (χ1v) is 20.0. The highest BCUT2D eigenvalue weighted by Crippen LogP contribution is 2.26. The Bertz CT molecular complexity index is 2470. The molecule has 0 aromatic heterocycles. The van der Waals surface area contributed by atoms with Gasteiger partial charge in [-0.05, 0) is 94.5 Å². The number of hydrogen-bond donors (Lipinski definition) is 2. The lowest BCUT2D eigenvalue weighted by Crippen LogP contribution is -2.14. The molecule has 0 amide bonds. The second kappa shape index (κ2) is 18.3. The maximum absolute atomic E-state index is 12.6. The highest BCUT2D eigenvalue weighted by atomic mass is 35.5. The minimum atomic E-state index is -4.01. The molecule has 6 aromatic carbocycles. The molecule has 8 nitrogen and oxygen atoms in total. The summed E-state index contributed by atoms with van der Waals surface area (Å²) >= 11 is 28.3. The van der Waals surface area contributed by atoms with Gasteiger partial charge in [-0.15, -0.1) is 0 Å². The summed E-state index contributed by atoms with van der Waals surface area (Å²) in [5.41, 5.74) is 4.96. The van der Waals surface area contributed by atoms with Gasteiger partial charge in [0.2, 0.25) is 20.0 Å². The predicted molar refractivity (Wildman–Crippen MR) is 213 cm³/mol. The molecule has 15 heteroatoms. The minimum Gasteiger partial charge on any atom is -0.289 e. The monoisotopic (exact) mass is 846 g/mol. The van der Waals surface area contributed by atoms with Gasteiger partial charge in [0.25, 0.3) is 5.24 Å². The summed E-state index contributed by atoms with van der Waals surface area (Å²) in [6.07, 6.45) is 0. The molecule has 6 rings (SSSR count). The highest BCUT2D eigenvalue weighted by Gasteiger charge is 2.18. The summed E-state index contributed by atoms with van der Waals surface area (Å²) in [5, 5.41) is 10.6. The second-order valence-electron chi connectivity index (χ2n) is 10.9. The third-order valence-corrected chi connectivity index (χ3v) is 10.7. The van der Waals surface area contributed by atoms with Crippen molar-refractivity contribution in [3.05, 3.63) is 176 Å². The van der Waals surface area contributed by atoms with Crippen molar-refractivity contribution < 1.29 is 26.4 Å². The number of halogens is 5. The van der Waals surface area contributed by atoms with Crippen molar-refractivity contribution in [3.63, 3.8) is 0 Å². The Hall–Kier alpha value is -4.07. The number of carbonyl (C=O) groups is 2. The van der Waals surface area contributed by atoms with E-state index >= 15 is 0 Å². The molecule has 0 unspecified atom stereocenters. The molecule has 0 saturated carbocycles. The largest absolute Gasteiger partial charge is 0.289 e. The molecule has 272 valence electrons. The van der Waals surface area contributed by atoms with Crippen LogP contribution in [0.5, 0.6) is 0 Å². The zero-order valence-electron chi connectivity index (χ0n) is 27.1. The van der Waals surface area contributed by atoms with Crippen LogP contribution in [-0.4, -0.2) is 27.9 Å². The summed E-state index contributed by atoms with van der Waals surface area (Å²) in [6.45, 7) is 0. The average molecular weight is 849 g/mol. The van der Waals surface area contributed by atoms with Gasteiger partial charge in [-0.25, -0.2) is 27.1 Å². The number of nitrogens with two attached hydrogens (primary N) is 2. The van der Waals surface area contributed by atoms with E-state index in [1.807, 2.05) is 66.7 Å². The van der Waals surface area contributed by atoms with Crippen molar-refractivity contribution in [1.82, 2.24) is 0 Å². The fraction of sp³-hybridized carbons (Fsp3) is 0. The van der Waals surface area contributed by atoms with Crippen LogP contribution in [0, 0.1) is 0 Å². The summed E-state index contributed by atoms with van der Waals surface area (Å²) in [6, 6.07) is 40.0. The molecule has 4 N–H and O–H groups in total. The van der Waals surface area contributed by atoms with Gasteiger partial charge in [-0.2, -0.15) is 0 Å². The Morgan fingerprint density at radius 3 is 1.17 bits per heavy atom. The van der Waals surface area contributed by atoms with E-state index in [0.717, 1.165) is 22.2 Å². The van der Waals surface area contributed by atoms with E-state index < -0.39 is 25.3 Å².